The molecule has 0 amide bonds. The molecule has 2 rings (SSSR count). The first-order valence-electron chi connectivity index (χ1n) is 8.40. The number of rotatable bonds is 7. The number of fused-ring (bicyclic) bond motifs is 1. The Morgan fingerprint density at radius 2 is 1.64 bits per heavy atom. The Labute approximate surface area is 170 Å². The molecule has 0 aromatic heterocycles. The second-order valence-corrected chi connectivity index (χ2v) is 6.95. The molecule has 0 saturated heterocycles. The van der Waals surface area contributed by atoms with E-state index < -0.39 is 35.7 Å². The standard InChI is InChI=1S/C20H21BrO7/c1-10(17(22)15(19(24)27-3)18(23)20(25)28-4)11-5-7-13-12(9-11)6-8-14(26-2)16(13)21/h5-10,15,18,23H,1-4H3/t10-,15?,18?/m1/s1. The van der Waals surface area contributed by atoms with E-state index in [4.69, 9.17) is 4.74 Å². The number of hydrogen-bond acceptors (Lipinski definition) is 7. The first kappa shape index (κ1) is 21.8. The lowest BCUT2D eigenvalue weighted by molar-refractivity contribution is -0.166. The zero-order chi connectivity index (χ0) is 21.0. The first-order chi connectivity index (χ1) is 13.3. The summed E-state index contributed by atoms with van der Waals surface area (Å²) in [6.07, 6.45) is -1.94. The van der Waals surface area contributed by atoms with Gasteiger partial charge in [0.05, 0.1) is 25.8 Å². The third kappa shape index (κ3) is 4.18. The zero-order valence-corrected chi connectivity index (χ0v) is 17.5. The SMILES string of the molecule is COC(=O)C(O)C(C(=O)OC)C(=O)[C@H](C)c1ccc2c(Br)c(OC)ccc2c1. The molecule has 7 nitrogen and oxygen atoms in total. The van der Waals surface area contributed by atoms with E-state index in [-0.39, 0.29) is 0 Å². The molecule has 0 heterocycles. The number of benzene rings is 2. The van der Waals surface area contributed by atoms with E-state index >= 15 is 0 Å². The van der Waals surface area contributed by atoms with E-state index in [0.717, 1.165) is 29.5 Å². The molecule has 3 atom stereocenters. The highest BCUT2D eigenvalue weighted by Gasteiger charge is 2.41. The molecule has 0 aliphatic heterocycles. The average molecular weight is 453 g/mol. The van der Waals surface area contributed by atoms with Gasteiger partial charge in [0, 0.05) is 5.92 Å². The van der Waals surface area contributed by atoms with Crippen molar-refractivity contribution in [2.75, 3.05) is 21.3 Å². The highest BCUT2D eigenvalue weighted by molar-refractivity contribution is 9.10. The van der Waals surface area contributed by atoms with Crippen molar-refractivity contribution in [1.29, 1.82) is 0 Å². The maximum atomic E-state index is 12.9. The van der Waals surface area contributed by atoms with Gasteiger partial charge >= 0.3 is 11.9 Å². The van der Waals surface area contributed by atoms with Gasteiger partial charge in [0.25, 0.3) is 0 Å². The molecule has 0 spiro atoms. The number of Topliss-reactive ketones (excluding diaryl/α,β-unsaturated/α-hetero) is 1. The van der Waals surface area contributed by atoms with Gasteiger partial charge < -0.3 is 19.3 Å². The van der Waals surface area contributed by atoms with Crippen LogP contribution in [0.15, 0.2) is 34.8 Å². The maximum Gasteiger partial charge on any atom is 0.336 e. The fourth-order valence-electron chi connectivity index (χ4n) is 2.94. The zero-order valence-electron chi connectivity index (χ0n) is 15.9. The monoisotopic (exact) mass is 452 g/mol. The minimum Gasteiger partial charge on any atom is -0.496 e. The molecule has 150 valence electrons. The highest BCUT2D eigenvalue weighted by atomic mass is 79.9. The van der Waals surface area contributed by atoms with Crippen molar-refractivity contribution >= 4 is 44.4 Å². The fourth-order valence-corrected chi connectivity index (χ4v) is 3.59. The summed E-state index contributed by atoms with van der Waals surface area (Å²) in [4.78, 5) is 36.6. The largest absolute Gasteiger partial charge is 0.496 e. The Bertz CT molecular complexity index is 909. The van der Waals surface area contributed by atoms with Crippen molar-refractivity contribution in [1.82, 2.24) is 0 Å². The Kier molecular flexibility index (Phi) is 7.15. The molecule has 0 bridgehead atoms. The highest BCUT2D eigenvalue weighted by Crippen LogP contribution is 2.35. The lowest BCUT2D eigenvalue weighted by Gasteiger charge is -2.21. The van der Waals surface area contributed by atoms with E-state index in [1.165, 1.54) is 0 Å². The van der Waals surface area contributed by atoms with Crippen LogP contribution in [-0.2, 0) is 23.9 Å². The summed E-state index contributed by atoms with van der Waals surface area (Å²) >= 11 is 3.49. The molecule has 1 N–H and O–H groups in total. The third-order valence-corrected chi connectivity index (χ3v) is 5.43. The van der Waals surface area contributed by atoms with Crippen LogP contribution < -0.4 is 4.74 Å². The number of methoxy groups -OCH3 is 3. The second-order valence-electron chi connectivity index (χ2n) is 6.16. The fraction of sp³-hybridized carbons (Fsp3) is 0.350. The average Bonchev–Trinajstić information content (AvgIpc) is 2.72. The number of aliphatic hydroxyl groups excluding tert-OH is 1. The summed E-state index contributed by atoms with van der Waals surface area (Å²) in [5.41, 5.74) is 0.625. The third-order valence-electron chi connectivity index (χ3n) is 4.61. The van der Waals surface area contributed by atoms with Gasteiger partial charge in [0.1, 0.15) is 5.75 Å². The van der Waals surface area contributed by atoms with Crippen LogP contribution in [0.5, 0.6) is 5.75 Å². The van der Waals surface area contributed by atoms with Crippen LogP contribution in [0.2, 0.25) is 0 Å². The van der Waals surface area contributed by atoms with Gasteiger partial charge in [-0.15, -0.1) is 0 Å². The topological polar surface area (TPSA) is 99.1 Å². The molecule has 2 aromatic carbocycles. The number of carbonyl (C=O) groups is 3. The molecule has 0 radical (unpaired) electrons. The van der Waals surface area contributed by atoms with Gasteiger partial charge in [-0.05, 0) is 38.3 Å². The molecule has 2 unspecified atom stereocenters. The van der Waals surface area contributed by atoms with Crippen LogP contribution in [0.3, 0.4) is 0 Å². The van der Waals surface area contributed by atoms with Crippen LogP contribution in [0.4, 0.5) is 0 Å². The van der Waals surface area contributed by atoms with Crippen molar-refractivity contribution in [2.45, 2.75) is 18.9 Å². The number of carbonyl (C=O) groups excluding carboxylic acids is 3. The number of esters is 2. The van der Waals surface area contributed by atoms with E-state index in [1.807, 2.05) is 12.1 Å². The minimum atomic E-state index is -1.94. The summed E-state index contributed by atoms with van der Waals surface area (Å²) in [5, 5.41) is 11.8. The molecule has 0 aliphatic rings. The molecular formula is C20H21BrO7. The minimum absolute atomic E-state index is 0.625. The molecule has 0 saturated carbocycles. The number of aliphatic hydroxyl groups is 1. The summed E-state index contributed by atoms with van der Waals surface area (Å²) in [7, 11) is 3.71. The second kappa shape index (κ2) is 9.16. The quantitative estimate of drug-likeness (QED) is 0.508. The molecule has 28 heavy (non-hydrogen) atoms. The van der Waals surface area contributed by atoms with Crippen molar-refractivity contribution < 1.29 is 33.7 Å². The van der Waals surface area contributed by atoms with Crippen LogP contribution in [-0.4, -0.2) is 50.3 Å². The van der Waals surface area contributed by atoms with Crippen LogP contribution >= 0.6 is 15.9 Å². The molecular weight excluding hydrogens is 432 g/mol. The van der Waals surface area contributed by atoms with E-state index in [0.29, 0.717) is 11.3 Å². The van der Waals surface area contributed by atoms with Gasteiger partial charge in [0.15, 0.2) is 17.8 Å². The Morgan fingerprint density at radius 3 is 2.21 bits per heavy atom. The van der Waals surface area contributed by atoms with Crippen LogP contribution in [0.1, 0.15) is 18.4 Å². The summed E-state index contributed by atoms with van der Waals surface area (Å²) in [6, 6.07) is 9.02. The summed E-state index contributed by atoms with van der Waals surface area (Å²) < 4.78 is 15.1. The van der Waals surface area contributed by atoms with E-state index in [9.17, 15) is 19.5 Å². The maximum absolute atomic E-state index is 12.9. The Balaban J connectivity index is 2.41. The van der Waals surface area contributed by atoms with Gasteiger partial charge in [-0.25, -0.2) is 4.79 Å². The van der Waals surface area contributed by atoms with Gasteiger partial charge in [-0.1, -0.05) is 31.2 Å². The van der Waals surface area contributed by atoms with Crippen molar-refractivity contribution in [2.24, 2.45) is 5.92 Å². The van der Waals surface area contributed by atoms with Crippen molar-refractivity contribution in [3.05, 3.63) is 40.4 Å². The van der Waals surface area contributed by atoms with Crippen LogP contribution in [0, 0.1) is 5.92 Å². The van der Waals surface area contributed by atoms with Gasteiger partial charge in [-0.2, -0.15) is 0 Å². The predicted molar refractivity (Wildman–Crippen MR) is 105 cm³/mol. The molecule has 0 aliphatic carbocycles. The normalized spacial score (nSPS) is 14.1. The lowest BCUT2D eigenvalue weighted by atomic mass is 9.85. The number of ketones is 1. The van der Waals surface area contributed by atoms with Crippen LogP contribution in [0.25, 0.3) is 10.8 Å². The number of ether oxygens (including phenoxy) is 3. The molecule has 2 aromatic rings. The van der Waals surface area contributed by atoms with E-state index in [1.54, 1.807) is 32.2 Å². The summed E-state index contributed by atoms with van der Waals surface area (Å²) in [5.74, 6) is -4.49. The van der Waals surface area contributed by atoms with Crippen molar-refractivity contribution in [3.8, 4) is 5.75 Å². The lowest BCUT2D eigenvalue weighted by Crippen LogP contribution is -2.43. The Hall–Kier alpha value is -2.45. The first-order valence-corrected chi connectivity index (χ1v) is 9.19. The smallest absolute Gasteiger partial charge is 0.336 e. The Morgan fingerprint density at radius 1 is 1.00 bits per heavy atom. The summed E-state index contributed by atoms with van der Waals surface area (Å²) in [6.45, 7) is 1.60. The van der Waals surface area contributed by atoms with Gasteiger partial charge in [-0.3, -0.25) is 9.59 Å². The van der Waals surface area contributed by atoms with Gasteiger partial charge in [0.2, 0.25) is 0 Å². The van der Waals surface area contributed by atoms with E-state index in [2.05, 4.69) is 25.4 Å². The predicted octanol–water partition coefficient (Wildman–Crippen LogP) is 2.61. The number of hydrogen-bond donors (Lipinski definition) is 1. The number of halogens is 1. The molecule has 0 fully saturated rings. The molecule has 8 heteroatoms. The van der Waals surface area contributed by atoms with Crippen molar-refractivity contribution in [3.63, 3.8) is 0 Å².